The van der Waals surface area contributed by atoms with E-state index in [2.05, 4.69) is 10.3 Å². The molecule has 48 heavy (non-hydrogen) atoms. The van der Waals surface area contributed by atoms with Crippen LogP contribution in [0.15, 0.2) is 112 Å². The van der Waals surface area contributed by atoms with Crippen LogP contribution in [-0.2, 0) is 19.7 Å². The first-order chi connectivity index (χ1) is 22.8. The number of thiocarbonyl (C=S) groups is 2. The van der Waals surface area contributed by atoms with Crippen LogP contribution >= 0.6 is 24.4 Å². The van der Waals surface area contributed by atoms with E-state index in [1.165, 1.54) is 29.0 Å². The van der Waals surface area contributed by atoms with Gasteiger partial charge in [-0.2, -0.15) is 0 Å². The average Bonchev–Trinajstić information content (AvgIpc) is 3.08. The number of aliphatic imine (C=N–C) groups is 1. The van der Waals surface area contributed by atoms with Crippen LogP contribution in [0.1, 0.15) is 28.4 Å². The molecule has 14 heteroatoms. The number of benzene rings is 4. The highest BCUT2D eigenvalue weighted by Crippen LogP contribution is 2.30. The van der Waals surface area contributed by atoms with Crippen LogP contribution in [-0.4, -0.2) is 68.7 Å². The van der Waals surface area contributed by atoms with Gasteiger partial charge in [0, 0.05) is 5.56 Å². The number of rotatable bonds is 10. The fraction of sp³-hybridized carbons (Fsp3) is 0.206. The molecule has 0 aromatic heterocycles. The fourth-order valence-electron chi connectivity index (χ4n) is 4.95. The largest absolute Gasteiger partial charge is 0.497 e. The van der Waals surface area contributed by atoms with Gasteiger partial charge in [0.05, 0.1) is 24.0 Å². The van der Waals surface area contributed by atoms with E-state index in [9.17, 15) is 16.8 Å². The highest BCUT2D eigenvalue weighted by Gasteiger charge is 2.40. The molecule has 4 aromatic carbocycles. The molecule has 0 amide bonds. The number of aryl methyl sites for hydroxylation is 2. The molecule has 1 N–H and O–H groups in total. The Bertz CT molecular complexity index is 2050. The third-order valence-electron chi connectivity index (χ3n) is 7.66. The second-order valence-electron chi connectivity index (χ2n) is 11.0. The van der Waals surface area contributed by atoms with Crippen LogP contribution in [0.25, 0.3) is 0 Å². The van der Waals surface area contributed by atoms with E-state index in [-0.39, 0.29) is 25.9 Å². The molecule has 1 saturated heterocycles. The van der Waals surface area contributed by atoms with Gasteiger partial charge < -0.3 is 19.7 Å². The van der Waals surface area contributed by atoms with Gasteiger partial charge in [0.1, 0.15) is 35.3 Å². The molecular weight excluding hydrogens is 689 g/mol. The monoisotopic (exact) mass is 722 g/mol. The summed E-state index contributed by atoms with van der Waals surface area (Å²) in [7, 11) is -4.72. The summed E-state index contributed by atoms with van der Waals surface area (Å²) in [5, 5.41) is 3.34. The predicted octanol–water partition coefficient (Wildman–Crippen LogP) is 5.41. The molecular formula is C34H34N4O6S4. The molecule has 1 atom stereocenters. The molecule has 250 valence electrons. The molecule has 1 aliphatic heterocycles. The number of amidine groups is 1. The van der Waals surface area contributed by atoms with Crippen molar-refractivity contribution in [1.82, 2.24) is 15.1 Å². The first kappa shape index (κ1) is 35.0. The van der Waals surface area contributed by atoms with Crippen molar-refractivity contribution in [3.05, 3.63) is 119 Å². The summed E-state index contributed by atoms with van der Waals surface area (Å²) in [4.78, 5) is 7.69. The first-order valence-electron chi connectivity index (χ1n) is 14.7. The molecule has 1 fully saturated rings. The number of nitrogens with zero attached hydrogens (tertiary/aromatic N) is 3. The van der Waals surface area contributed by atoms with Crippen LogP contribution < -0.4 is 14.8 Å². The Hall–Kier alpha value is -4.37. The summed E-state index contributed by atoms with van der Waals surface area (Å²) in [6, 6.07) is 26.9. The first-order valence-corrected chi connectivity index (χ1v) is 18.8. The number of hydrogen-bond acceptors (Lipinski definition) is 9. The van der Waals surface area contributed by atoms with E-state index in [4.69, 9.17) is 33.9 Å². The van der Waals surface area contributed by atoms with Crippen molar-refractivity contribution >= 4 is 60.2 Å². The van der Waals surface area contributed by atoms with Gasteiger partial charge in [-0.3, -0.25) is 4.99 Å². The molecule has 0 saturated carbocycles. The zero-order valence-electron chi connectivity index (χ0n) is 26.7. The molecule has 1 aliphatic rings. The van der Waals surface area contributed by atoms with Crippen LogP contribution in [0.3, 0.4) is 0 Å². The highest BCUT2D eigenvalue weighted by atomic mass is 32.2. The Morgan fingerprint density at radius 2 is 1.21 bits per heavy atom. The maximum absolute atomic E-state index is 13.8. The number of sulfone groups is 2. The van der Waals surface area contributed by atoms with Crippen LogP contribution in [0, 0.1) is 13.8 Å². The minimum atomic E-state index is -3.93. The molecule has 0 bridgehead atoms. The molecule has 1 heterocycles. The maximum atomic E-state index is 13.8. The van der Waals surface area contributed by atoms with E-state index in [1.807, 2.05) is 13.8 Å². The van der Waals surface area contributed by atoms with Crippen molar-refractivity contribution in [2.45, 2.75) is 29.8 Å². The molecule has 0 radical (unpaired) electrons. The lowest BCUT2D eigenvalue weighted by atomic mass is 10.1. The molecule has 10 nitrogen and oxygen atoms in total. The molecule has 0 aliphatic carbocycles. The van der Waals surface area contributed by atoms with Crippen LogP contribution in [0.2, 0.25) is 0 Å². The van der Waals surface area contributed by atoms with E-state index in [0.717, 1.165) is 11.1 Å². The SMILES string of the molecule is COc1ccc(/C(=N\CS(=O)(=O)c2ccc(C)cc2)N2C(=S)NC(c3ccc(OC)cc3)N(CS(=O)(=O)c3ccc(C)cc3)C2=S)cc1. The number of hydrogen-bond donors (Lipinski definition) is 1. The summed E-state index contributed by atoms with van der Waals surface area (Å²) in [5.41, 5.74) is 2.98. The summed E-state index contributed by atoms with van der Waals surface area (Å²) < 4.78 is 65.2. The number of ether oxygens (including phenoxy) is 2. The highest BCUT2D eigenvalue weighted by molar-refractivity contribution is 7.91. The average molecular weight is 723 g/mol. The van der Waals surface area contributed by atoms with Crippen molar-refractivity contribution in [3.8, 4) is 11.5 Å². The van der Waals surface area contributed by atoms with E-state index < -0.39 is 37.6 Å². The lowest BCUT2D eigenvalue weighted by Gasteiger charge is -2.45. The lowest BCUT2D eigenvalue weighted by molar-refractivity contribution is 0.298. The lowest BCUT2D eigenvalue weighted by Crippen LogP contribution is -2.63. The molecule has 4 aromatic rings. The Kier molecular flexibility index (Phi) is 10.5. The molecule has 5 rings (SSSR count). The molecule has 0 spiro atoms. The third kappa shape index (κ3) is 7.67. The Morgan fingerprint density at radius 1 is 0.729 bits per heavy atom. The van der Waals surface area contributed by atoms with E-state index in [0.29, 0.717) is 22.6 Å². The van der Waals surface area contributed by atoms with Crippen molar-refractivity contribution in [3.63, 3.8) is 0 Å². The van der Waals surface area contributed by atoms with Gasteiger partial charge in [-0.1, -0.05) is 47.5 Å². The van der Waals surface area contributed by atoms with Gasteiger partial charge in [0.15, 0.2) is 29.9 Å². The van der Waals surface area contributed by atoms with Crippen molar-refractivity contribution < 1.29 is 26.3 Å². The third-order valence-corrected chi connectivity index (χ3v) is 11.4. The Labute approximate surface area is 291 Å². The molecule has 1 unspecified atom stereocenters. The predicted molar refractivity (Wildman–Crippen MR) is 194 cm³/mol. The van der Waals surface area contributed by atoms with Crippen molar-refractivity contribution in [1.29, 1.82) is 0 Å². The second-order valence-corrected chi connectivity index (χ2v) is 15.7. The minimum absolute atomic E-state index is 0.0116. The smallest absolute Gasteiger partial charge is 0.198 e. The normalized spacial score (nSPS) is 15.7. The van der Waals surface area contributed by atoms with E-state index in [1.54, 1.807) is 92.0 Å². The second kappa shape index (κ2) is 14.4. The summed E-state index contributed by atoms with van der Waals surface area (Å²) in [5.74, 6) is 0.154. The standard InChI is InChI=1S/C34H34N4O6S4/c1-23-5-17-29(18-6-23)47(39,40)21-35-31(25-9-13-27(43-3)14-10-25)38-33(45)36-32(26-11-15-28(44-4)16-12-26)37(34(38)46)22-48(41,42)30-19-7-24(2)8-20-30/h5-20,32H,21-22H2,1-4H3,(H,36,45)/b35-31+. The zero-order chi connectivity index (χ0) is 34.6. The van der Waals surface area contributed by atoms with Crippen molar-refractivity contribution in [2.75, 3.05) is 26.0 Å². The van der Waals surface area contributed by atoms with Gasteiger partial charge in [-0.15, -0.1) is 0 Å². The number of nitrogens with one attached hydrogen (secondary N) is 1. The topological polar surface area (TPSA) is 118 Å². The van der Waals surface area contributed by atoms with Gasteiger partial charge in [0.2, 0.25) is 0 Å². The quantitative estimate of drug-likeness (QED) is 0.129. The van der Waals surface area contributed by atoms with E-state index >= 15 is 0 Å². The van der Waals surface area contributed by atoms with Crippen molar-refractivity contribution in [2.24, 2.45) is 4.99 Å². The number of methoxy groups -OCH3 is 2. The van der Waals surface area contributed by atoms with Crippen LogP contribution in [0.4, 0.5) is 0 Å². The van der Waals surface area contributed by atoms with Gasteiger partial charge in [-0.25, -0.2) is 21.7 Å². The maximum Gasteiger partial charge on any atom is 0.198 e. The minimum Gasteiger partial charge on any atom is -0.497 e. The summed E-state index contributed by atoms with van der Waals surface area (Å²) in [6.45, 7) is 3.74. The van der Waals surface area contributed by atoms with Gasteiger partial charge in [-0.05, 0) is 105 Å². The zero-order valence-corrected chi connectivity index (χ0v) is 29.9. The summed E-state index contributed by atoms with van der Waals surface area (Å²) >= 11 is 11.9. The Balaban J connectivity index is 1.60. The van der Waals surface area contributed by atoms with Gasteiger partial charge in [0.25, 0.3) is 0 Å². The Morgan fingerprint density at radius 3 is 1.71 bits per heavy atom. The van der Waals surface area contributed by atoms with Crippen LogP contribution in [0.5, 0.6) is 11.5 Å². The summed E-state index contributed by atoms with van der Waals surface area (Å²) in [6.07, 6.45) is -0.791. The fourth-order valence-corrected chi connectivity index (χ4v) is 8.05. The van der Waals surface area contributed by atoms with Gasteiger partial charge >= 0.3 is 0 Å².